The van der Waals surface area contributed by atoms with Crippen molar-refractivity contribution in [2.75, 3.05) is 5.32 Å². The molecular formula is C14H9FN2OS. The lowest BCUT2D eigenvalue weighted by molar-refractivity contribution is 0.102. The Kier molecular flexibility index (Phi) is 2.97. The molecule has 19 heavy (non-hydrogen) atoms. The van der Waals surface area contributed by atoms with E-state index in [-0.39, 0.29) is 5.91 Å². The number of carbonyl (C=O) groups excluding carboxylic acids is 1. The molecule has 0 atom stereocenters. The summed E-state index contributed by atoms with van der Waals surface area (Å²) in [5, 5.41) is 5.44. The van der Waals surface area contributed by atoms with Crippen molar-refractivity contribution in [1.82, 2.24) is 4.98 Å². The first-order chi connectivity index (χ1) is 9.24. The number of nitrogens with zero attached hydrogens (tertiary/aromatic N) is 1. The molecule has 0 unspecified atom stereocenters. The summed E-state index contributed by atoms with van der Waals surface area (Å²) in [4.78, 5) is 15.6. The number of thiophene rings is 1. The average Bonchev–Trinajstić information content (AvgIpc) is 2.85. The Labute approximate surface area is 112 Å². The zero-order valence-electron chi connectivity index (χ0n) is 9.76. The van der Waals surface area contributed by atoms with Crippen molar-refractivity contribution in [2.24, 2.45) is 0 Å². The van der Waals surface area contributed by atoms with Gasteiger partial charge in [0.1, 0.15) is 0 Å². The lowest BCUT2D eigenvalue weighted by atomic mass is 10.1. The molecule has 0 saturated heterocycles. The number of nitrogens with one attached hydrogen (secondary N) is 1. The number of aromatic nitrogens is 1. The van der Waals surface area contributed by atoms with Crippen molar-refractivity contribution in [3.05, 3.63) is 59.5 Å². The number of fused-ring (bicyclic) bond motifs is 1. The topological polar surface area (TPSA) is 42.0 Å². The third-order valence-electron chi connectivity index (χ3n) is 2.71. The maximum absolute atomic E-state index is 12.7. The first-order valence-electron chi connectivity index (χ1n) is 5.63. The van der Waals surface area contributed by atoms with Crippen LogP contribution in [0.15, 0.2) is 48.0 Å². The highest BCUT2D eigenvalue weighted by atomic mass is 32.1. The molecule has 0 aliphatic rings. The van der Waals surface area contributed by atoms with Gasteiger partial charge in [0, 0.05) is 15.5 Å². The van der Waals surface area contributed by atoms with E-state index in [1.165, 1.54) is 29.7 Å². The molecule has 0 aliphatic carbocycles. The summed E-state index contributed by atoms with van der Waals surface area (Å²) in [6.45, 7) is 0. The summed E-state index contributed by atoms with van der Waals surface area (Å²) in [6, 6.07) is 10.4. The third kappa shape index (κ3) is 2.32. The molecule has 0 fully saturated rings. The van der Waals surface area contributed by atoms with Crippen LogP contribution in [0.2, 0.25) is 0 Å². The Balaban J connectivity index is 1.90. The third-order valence-corrected chi connectivity index (χ3v) is 3.67. The Hall–Kier alpha value is -2.27. The molecule has 0 bridgehead atoms. The van der Waals surface area contributed by atoms with Crippen LogP contribution in [0.3, 0.4) is 0 Å². The van der Waals surface area contributed by atoms with Crippen molar-refractivity contribution in [1.29, 1.82) is 0 Å². The van der Waals surface area contributed by atoms with E-state index in [0.717, 1.165) is 10.1 Å². The zero-order valence-corrected chi connectivity index (χ0v) is 10.6. The standard InChI is InChI=1S/C14H9FN2OS/c15-13-6-5-9(7-16-13)17-14(18)11-8-19-12-4-2-1-3-10(11)12/h1-8H,(H,17,18). The molecule has 0 radical (unpaired) electrons. The van der Waals surface area contributed by atoms with E-state index < -0.39 is 5.95 Å². The van der Waals surface area contributed by atoms with Gasteiger partial charge < -0.3 is 5.32 Å². The predicted molar refractivity (Wildman–Crippen MR) is 74.0 cm³/mol. The smallest absolute Gasteiger partial charge is 0.257 e. The number of benzene rings is 1. The van der Waals surface area contributed by atoms with Crippen LogP contribution in [-0.2, 0) is 0 Å². The monoisotopic (exact) mass is 272 g/mol. The average molecular weight is 272 g/mol. The molecule has 3 rings (SSSR count). The van der Waals surface area contributed by atoms with Gasteiger partial charge in [-0.25, -0.2) is 4.98 Å². The molecule has 0 spiro atoms. The Bertz CT molecular complexity index is 737. The number of carbonyl (C=O) groups is 1. The predicted octanol–water partition coefficient (Wildman–Crippen LogP) is 3.69. The van der Waals surface area contributed by atoms with Gasteiger partial charge in [0.15, 0.2) is 0 Å². The lowest BCUT2D eigenvalue weighted by Crippen LogP contribution is -2.11. The van der Waals surface area contributed by atoms with Gasteiger partial charge in [-0.2, -0.15) is 4.39 Å². The summed E-state index contributed by atoms with van der Waals surface area (Å²) in [5.41, 5.74) is 1.09. The van der Waals surface area contributed by atoms with Gasteiger partial charge in [-0.1, -0.05) is 18.2 Å². The molecule has 2 heterocycles. The number of anilines is 1. The van der Waals surface area contributed by atoms with Crippen LogP contribution in [0.1, 0.15) is 10.4 Å². The van der Waals surface area contributed by atoms with E-state index in [9.17, 15) is 9.18 Å². The van der Waals surface area contributed by atoms with Crippen molar-refractivity contribution in [3.8, 4) is 0 Å². The highest BCUT2D eigenvalue weighted by Gasteiger charge is 2.12. The maximum Gasteiger partial charge on any atom is 0.257 e. The molecule has 3 nitrogen and oxygen atoms in total. The molecule has 2 aromatic heterocycles. The molecule has 0 saturated carbocycles. The van der Waals surface area contributed by atoms with Crippen LogP contribution in [0.4, 0.5) is 10.1 Å². The SMILES string of the molecule is O=C(Nc1ccc(F)nc1)c1csc2ccccc12. The largest absolute Gasteiger partial charge is 0.321 e. The van der Waals surface area contributed by atoms with Gasteiger partial charge in [-0.15, -0.1) is 11.3 Å². The van der Waals surface area contributed by atoms with Crippen LogP contribution < -0.4 is 5.32 Å². The van der Waals surface area contributed by atoms with Crippen LogP contribution in [-0.4, -0.2) is 10.9 Å². The second-order valence-corrected chi connectivity index (χ2v) is 4.88. The van der Waals surface area contributed by atoms with E-state index in [0.29, 0.717) is 11.3 Å². The van der Waals surface area contributed by atoms with Crippen molar-refractivity contribution < 1.29 is 9.18 Å². The second kappa shape index (κ2) is 4.78. The normalized spacial score (nSPS) is 10.6. The van der Waals surface area contributed by atoms with E-state index in [1.54, 1.807) is 0 Å². The number of hydrogen-bond acceptors (Lipinski definition) is 3. The molecule has 5 heteroatoms. The number of rotatable bonds is 2. The summed E-state index contributed by atoms with van der Waals surface area (Å²) < 4.78 is 13.7. The number of halogens is 1. The molecule has 1 aromatic carbocycles. The highest BCUT2D eigenvalue weighted by Crippen LogP contribution is 2.26. The van der Waals surface area contributed by atoms with Crippen LogP contribution in [0.5, 0.6) is 0 Å². The molecular weight excluding hydrogens is 263 g/mol. The zero-order chi connectivity index (χ0) is 13.2. The Morgan fingerprint density at radius 1 is 1.21 bits per heavy atom. The number of hydrogen-bond donors (Lipinski definition) is 1. The first kappa shape index (κ1) is 11.8. The molecule has 1 amide bonds. The summed E-state index contributed by atoms with van der Waals surface area (Å²) >= 11 is 1.52. The van der Waals surface area contributed by atoms with Gasteiger partial charge in [0.2, 0.25) is 5.95 Å². The Morgan fingerprint density at radius 3 is 2.84 bits per heavy atom. The summed E-state index contributed by atoms with van der Waals surface area (Å²) in [6.07, 6.45) is 1.29. The Morgan fingerprint density at radius 2 is 2.05 bits per heavy atom. The van der Waals surface area contributed by atoms with Crippen LogP contribution >= 0.6 is 11.3 Å². The van der Waals surface area contributed by atoms with E-state index in [2.05, 4.69) is 10.3 Å². The second-order valence-electron chi connectivity index (χ2n) is 3.97. The number of amides is 1. The van der Waals surface area contributed by atoms with E-state index in [4.69, 9.17) is 0 Å². The van der Waals surface area contributed by atoms with E-state index >= 15 is 0 Å². The fraction of sp³-hybridized carbons (Fsp3) is 0. The van der Waals surface area contributed by atoms with Gasteiger partial charge in [0.25, 0.3) is 5.91 Å². The first-order valence-corrected chi connectivity index (χ1v) is 6.51. The summed E-state index contributed by atoms with van der Waals surface area (Å²) in [7, 11) is 0. The van der Waals surface area contributed by atoms with Gasteiger partial charge in [-0.3, -0.25) is 4.79 Å². The molecule has 3 aromatic rings. The molecule has 94 valence electrons. The fourth-order valence-corrected chi connectivity index (χ4v) is 2.74. The van der Waals surface area contributed by atoms with Crippen LogP contribution in [0, 0.1) is 5.95 Å². The van der Waals surface area contributed by atoms with Crippen molar-refractivity contribution >= 4 is 33.0 Å². The van der Waals surface area contributed by atoms with Gasteiger partial charge in [-0.05, 0) is 18.2 Å². The maximum atomic E-state index is 12.7. The quantitative estimate of drug-likeness (QED) is 0.723. The van der Waals surface area contributed by atoms with Crippen molar-refractivity contribution in [3.63, 3.8) is 0 Å². The fourth-order valence-electron chi connectivity index (χ4n) is 1.80. The van der Waals surface area contributed by atoms with E-state index in [1.807, 2.05) is 29.6 Å². The van der Waals surface area contributed by atoms with Crippen molar-refractivity contribution in [2.45, 2.75) is 0 Å². The lowest BCUT2D eigenvalue weighted by Gasteiger charge is -2.03. The van der Waals surface area contributed by atoms with Gasteiger partial charge in [0.05, 0.1) is 17.4 Å². The van der Waals surface area contributed by atoms with Gasteiger partial charge >= 0.3 is 0 Å². The molecule has 0 aliphatic heterocycles. The number of pyridine rings is 1. The minimum atomic E-state index is -0.570. The molecule has 1 N–H and O–H groups in total. The highest BCUT2D eigenvalue weighted by molar-refractivity contribution is 7.17. The summed E-state index contributed by atoms with van der Waals surface area (Å²) in [5.74, 6) is -0.787. The van der Waals surface area contributed by atoms with Crippen LogP contribution in [0.25, 0.3) is 10.1 Å². The minimum absolute atomic E-state index is 0.217. The minimum Gasteiger partial charge on any atom is -0.321 e.